The summed E-state index contributed by atoms with van der Waals surface area (Å²) >= 11 is 0. The molecule has 0 radical (unpaired) electrons. The van der Waals surface area contributed by atoms with Gasteiger partial charge in [0.2, 0.25) is 0 Å². The minimum atomic E-state index is 0.706. The highest BCUT2D eigenvalue weighted by Crippen LogP contribution is 2.44. The summed E-state index contributed by atoms with van der Waals surface area (Å²) in [5, 5.41) is 3.65. The normalized spacial score (nSPS) is 17.4. The summed E-state index contributed by atoms with van der Waals surface area (Å²) in [7, 11) is 0. The average molecular weight is 268 g/mol. The van der Waals surface area contributed by atoms with Crippen LogP contribution in [0.4, 0.5) is 0 Å². The lowest BCUT2D eigenvalue weighted by atomic mass is 9.66. The maximum atomic E-state index is 3.65. The Labute approximate surface area is 121 Å². The molecule has 0 aliphatic heterocycles. The van der Waals surface area contributed by atoms with Crippen molar-refractivity contribution in [3.63, 3.8) is 0 Å². The molecule has 0 bridgehead atoms. The maximum Gasteiger partial charge on any atom is 0.000780 e. The van der Waals surface area contributed by atoms with Crippen LogP contribution in [0.1, 0.15) is 97.3 Å². The monoisotopic (exact) mass is 267 g/mol. The minimum absolute atomic E-state index is 0.706. The largest absolute Gasteiger partial charge is 0.316 e. The zero-order valence-electron chi connectivity index (χ0n) is 13.6. The summed E-state index contributed by atoms with van der Waals surface area (Å²) in [6.45, 7) is 7.06. The van der Waals surface area contributed by atoms with Gasteiger partial charge in [-0.05, 0) is 37.6 Å². The number of rotatable bonds is 13. The van der Waals surface area contributed by atoms with Crippen LogP contribution in [0.3, 0.4) is 0 Å². The molecule has 0 saturated heterocycles. The molecule has 1 heteroatoms. The first-order valence-electron chi connectivity index (χ1n) is 9.04. The molecule has 0 atom stereocenters. The van der Waals surface area contributed by atoms with Gasteiger partial charge in [0.25, 0.3) is 0 Å². The smallest absolute Gasteiger partial charge is 0.000780 e. The third kappa shape index (κ3) is 7.34. The molecule has 114 valence electrons. The van der Waals surface area contributed by atoms with Crippen molar-refractivity contribution < 1.29 is 0 Å². The molecular weight excluding hydrogens is 230 g/mol. The van der Waals surface area contributed by atoms with Crippen LogP contribution in [-0.4, -0.2) is 13.1 Å². The Kier molecular flexibility index (Phi) is 9.59. The van der Waals surface area contributed by atoms with Crippen molar-refractivity contribution in [2.24, 2.45) is 5.41 Å². The molecule has 0 amide bonds. The Hall–Kier alpha value is -0.0400. The number of hydrogen-bond acceptors (Lipinski definition) is 1. The van der Waals surface area contributed by atoms with Gasteiger partial charge < -0.3 is 5.32 Å². The molecule has 1 nitrogen and oxygen atoms in total. The lowest BCUT2D eigenvalue weighted by Gasteiger charge is -2.42. The number of unbranched alkanes of at least 4 members (excludes halogenated alkanes) is 7. The van der Waals surface area contributed by atoms with Crippen LogP contribution in [0.15, 0.2) is 0 Å². The summed E-state index contributed by atoms with van der Waals surface area (Å²) in [6.07, 6.45) is 18.8. The first-order valence-corrected chi connectivity index (χ1v) is 9.04. The predicted molar refractivity (Wildman–Crippen MR) is 86.7 cm³/mol. The van der Waals surface area contributed by atoms with Gasteiger partial charge in [-0.1, -0.05) is 71.6 Å². The fraction of sp³-hybridized carbons (Fsp3) is 1.00. The summed E-state index contributed by atoms with van der Waals surface area (Å²) in [5.74, 6) is 0. The van der Waals surface area contributed by atoms with Crippen molar-refractivity contribution in [2.75, 3.05) is 13.1 Å². The molecular formula is C18H37N. The highest BCUT2D eigenvalue weighted by Gasteiger charge is 2.35. The number of hydrogen-bond donors (Lipinski definition) is 1. The van der Waals surface area contributed by atoms with Crippen LogP contribution in [0.2, 0.25) is 0 Å². The molecule has 0 unspecified atom stereocenters. The van der Waals surface area contributed by atoms with Crippen molar-refractivity contribution in [1.29, 1.82) is 0 Å². The predicted octanol–water partition coefficient (Wildman–Crippen LogP) is 5.69. The third-order valence-corrected chi connectivity index (χ3v) is 4.90. The summed E-state index contributed by atoms with van der Waals surface area (Å²) < 4.78 is 0. The average Bonchev–Trinajstić information content (AvgIpc) is 2.38. The molecule has 1 fully saturated rings. The Morgan fingerprint density at radius 3 is 1.95 bits per heavy atom. The highest BCUT2D eigenvalue weighted by molar-refractivity contribution is 4.89. The Balaban J connectivity index is 1.94. The molecule has 1 aliphatic carbocycles. The van der Waals surface area contributed by atoms with E-state index in [0.29, 0.717) is 5.41 Å². The zero-order valence-corrected chi connectivity index (χ0v) is 13.6. The molecule has 1 N–H and O–H groups in total. The second kappa shape index (κ2) is 10.7. The van der Waals surface area contributed by atoms with E-state index in [2.05, 4.69) is 19.2 Å². The van der Waals surface area contributed by atoms with E-state index in [1.165, 1.54) is 96.6 Å². The summed E-state index contributed by atoms with van der Waals surface area (Å²) in [6, 6.07) is 0. The molecule has 0 heterocycles. The summed E-state index contributed by atoms with van der Waals surface area (Å²) in [5.41, 5.74) is 0.706. The van der Waals surface area contributed by atoms with Gasteiger partial charge in [0.05, 0.1) is 0 Å². The molecule has 0 aromatic rings. The Bertz CT molecular complexity index is 196. The molecule has 19 heavy (non-hydrogen) atoms. The molecule has 0 aromatic heterocycles. The van der Waals surface area contributed by atoms with E-state index in [1.807, 2.05) is 0 Å². The topological polar surface area (TPSA) is 12.0 Å². The Morgan fingerprint density at radius 2 is 1.42 bits per heavy atom. The fourth-order valence-corrected chi connectivity index (χ4v) is 3.36. The lowest BCUT2D eigenvalue weighted by molar-refractivity contribution is 0.113. The van der Waals surface area contributed by atoms with Gasteiger partial charge in [0, 0.05) is 6.54 Å². The first kappa shape index (κ1) is 17.0. The van der Waals surface area contributed by atoms with Crippen LogP contribution < -0.4 is 5.32 Å². The Morgan fingerprint density at radius 1 is 0.789 bits per heavy atom. The first-order chi connectivity index (χ1) is 9.33. The van der Waals surface area contributed by atoms with Gasteiger partial charge in [-0.25, -0.2) is 0 Å². The fourth-order valence-electron chi connectivity index (χ4n) is 3.36. The highest BCUT2D eigenvalue weighted by atomic mass is 14.9. The molecule has 1 rings (SSSR count). The van der Waals surface area contributed by atoms with Gasteiger partial charge in [0.1, 0.15) is 0 Å². The van der Waals surface area contributed by atoms with Crippen LogP contribution in [0.25, 0.3) is 0 Å². The maximum absolute atomic E-state index is 3.65. The molecule has 1 aliphatic rings. The standard InChI is InChI=1S/C18H37N/c1-3-5-6-7-8-9-10-11-13-18(14-12-15-18)17-19-16-4-2/h19H,3-17H2,1-2H3. The van der Waals surface area contributed by atoms with Crippen molar-refractivity contribution in [3.8, 4) is 0 Å². The van der Waals surface area contributed by atoms with Gasteiger partial charge in [-0.2, -0.15) is 0 Å². The van der Waals surface area contributed by atoms with Gasteiger partial charge in [-0.3, -0.25) is 0 Å². The quantitative estimate of drug-likeness (QED) is 0.423. The van der Waals surface area contributed by atoms with E-state index in [9.17, 15) is 0 Å². The second-order valence-electron chi connectivity index (χ2n) is 6.76. The second-order valence-corrected chi connectivity index (χ2v) is 6.76. The van der Waals surface area contributed by atoms with E-state index >= 15 is 0 Å². The minimum Gasteiger partial charge on any atom is -0.316 e. The van der Waals surface area contributed by atoms with Crippen LogP contribution in [0, 0.1) is 5.41 Å². The van der Waals surface area contributed by atoms with Gasteiger partial charge in [0.15, 0.2) is 0 Å². The van der Waals surface area contributed by atoms with Crippen molar-refractivity contribution >= 4 is 0 Å². The van der Waals surface area contributed by atoms with Crippen LogP contribution in [-0.2, 0) is 0 Å². The SMILES string of the molecule is CCCCCCCCCCC1(CNCCC)CCC1. The van der Waals surface area contributed by atoms with Crippen LogP contribution in [0.5, 0.6) is 0 Å². The van der Waals surface area contributed by atoms with Gasteiger partial charge >= 0.3 is 0 Å². The van der Waals surface area contributed by atoms with Crippen molar-refractivity contribution in [3.05, 3.63) is 0 Å². The van der Waals surface area contributed by atoms with E-state index in [0.717, 1.165) is 0 Å². The lowest BCUT2D eigenvalue weighted by Crippen LogP contribution is -2.40. The molecule has 0 spiro atoms. The van der Waals surface area contributed by atoms with E-state index in [4.69, 9.17) is 0 Å². The van der Waals surface area contributed by atoms with E-state index < -0.39 is 0 Å². The zero-order chi connectivity index (χ0) is 13.8. The van der Waals surface area contributed by atoms with Crippen molar-refractivity contribution in [2.45, 2.75) is 97.3 Å². The molecule has 0 aromatic carbocycles. The van der Waals surface area contributed by atoms with Crippen LogP contribution >= 0.6 is 0 Å². The van der Waals surface area contributed by atoms with E-state index in [-0.39, 0.29) is 0 Å². The van der Waals surface area contributed by atoms with E-state index in [1.54, 1.807) is 0 Å². The summed E-state index contributed by atoms with van der Waals surface area (Å²) in [4.78, 5) is 0. The van der Waals surface area contributed by atoms with Gasteiger partial charge in [-0.15, -0.1) is 0 Å². The third-order valence-electron chi connectivity index (χ3n) is 4.90. The van der Waals surface area contributed by atoms with Crippen molar-refractivity contribution in [1.82, 2.24) is 5.32 Å². The number of nitrogens with one attached hydrogen (secondary N) is 1. The molecule has 1 saturated carbocycles.